The fraction of sp³-hybridized carbons (Fsp3) is 0.0870. The lowest BCUT2D eigenvalue weighted by Crippen LogP contribution is -2.22. The molecule has 0 fully saturated rings. The van der Waals surface area contributed by atoms with Crippen molar-refractivity contribution in [1.29, 1.82) is 0 Å². The molecule has 0 spiro atoms. The van der Waals surface area contributed by atoms with Gasteiger partial charge in [0.15, 0.2) is 0 Å². The van der Waals surface area contributed by atoms with E-state index in [0.29, 0.717) is 11.3 Å². The van der Waals surface area contributed by atoms with Crippen LogP contribution in [0.15, 0.2) is 61.2 Å². The number of aryl methyl sites for hydroxylation is 1. The lowest BCUT2D eigenvalue weighted by Gasteiger charge is -2.12. The van der Waals surface area contributed by atoms with Gasteiger partial charge >= 0.3 is 0 Å². The van der Waals surface area contributed by atoms with Crippen LogP contribution in [0.25, 0.3) is 33.5 Å². The first kappa shape index (κ1) is 22.5. The van der Waals surface area contributed by atoms with Gasteiger partial charge in [-0.05, 0) is 48.6 Å². The van der Waals surface area contributed by atoms with Crippen LogP contribution < -0.4 is 10.0 Å². The molecule has 5 nitrogen and oxygen atoms in total. The van der Waals surface area contributed by atoms with Crippen LogP contribution in [0.5, 0.6) is 0 Å². The summed E-state index contributed by atoms with van der Waals surface area (Å²) in [5, 5.41) is 6.50. The third-order valence-electron chi connectivity index (χ3n) is 4.95. The molecule has 1 unspecified atom stereocenters. The van der Waals surface area contributed by atoms with Crippen molar-refractivity contribution in [3.05, 3.63) is 83.1 Å². The first-order chi connectivity index (χ1) is 15.0. The summed E-state index contributed by atoms with van der Waals surface area (Å²) >= 11 is 6.33. The maximum Gasteiger partial charge on any atom is 0.229 e. The van der Waals surface area contributed by atoms with E-state index in [2.05, 4.69) is 20.5 Å². The highest BCUT2D eigenvalue weighted by atomic mass is 35.5. The third kappa shape index (κ3) is 4.29. The van der Waals surface area contributed by atoms with Crippen LogP contribution in [-0.4, -0.2) is 24.5 Å². The van der Waals surface area contributed by atoms with Crippen molar-refractivity contribution in [3.63, 3.8) is 0 Å². The van der Waals surface area contributed by atoms with E-state index in [1.165, 1.54) is 6.07 Å². The van der Waals surface area contributed by atoms with Crippen molar-refractivity contribution < 1.29 is 12.8 Å². The highest BCUT2D eigenvalue weighted by Gasteiger charge is 2.20. The first-order valence-corrected chi connectivity index (χ1v) is 12.4. The standard InChI is InChI=1S/C23H20ClFN3O2PS/c1-13-7-10-20-17(11-13)23(22-18(24)5-4-6-19(22)25)26-28(20)15-8-9-16(21(31)12-15)14(2)27-32(3,29)30/h4-12,27H,2,31H2,1,3H3. The van der Waals surface area contributed by atoms with Crippen LogP contribution in [-0.2, 0) is 10.0 Å². The molecule has 1 N–H and O–H groups in total. The molecule has 1 aromatic heterocycles. The number of hydrogen-bond acceptors (Lipinski definition) is 3. The monoisotopic (exact) mass is 487 g/mol. The number of benzene rings is 3. The van der Waals surface area contributed by atoms with Gasteiger partial charge < -0.3 is 0 Å². The van der Waals surface area contributed by atoms with E-state index >= 15 is 0 Å². The van der Waals surface area contributed by atoms with Gasteiger partial charge in [-0.1, -0.05) is 41.9 Å². The predicted octanol–water partition coefficient (Wildman–Crippen LogP) is 4.81. The van der Waals surface area contributed by atoms with Gasteiger partial charge in [-0.3, -0.25) is 4.72 Å². The third-order valence-corrected chi connectivity index (χ3v) is 6.36. The summed E-state index contributed by atoms with van der Waals surface area (Å²) < 4.78 is 41.9. The number of rotatable bonds is 5. The molecule has 0 aliphatic rings. The van der Waals surface area contributed by atoms with E-state index in [1.807, 2.05) is 31.2 Å². The first-order valence-electron chi connectivity index (χ1n) is 9.56. The van der Waals surface area contributed by atoms with Gasteiger partial charge in [0.05, 0.1) is 28.0 Å². The zero-order valence-electron chi connectivity index (χ0n) is 17.4. The van der Waals surface area contributed by atoms with Gasteiger partial charge in [0.1, 0.15) is 11.5 Å². The summed E-state index contributed by atoms with van der Waals surface area (Å²) in [7, 11) is -0.861. The Labute approximate surface area is 193 Å². The maximum absolute atomic E-state index is 14.7. The molecule has 0 saturated heterocycles. The fourth-order valence-electron chi connectivity index (χ4n) is 3.57. The number of aromatic nitrogens is 2. The quantitative estimate of drug-likeness (QED) is 0.411. The van der Waals surface area contributed by atoms with E-state index < -0.39 is 15.8 Å². The zero-order valence-corrected chi connectivity index (χ0v) is 20.1. The number of sulfonamides is 1. The molecular formula is C23H20ClFN3O2PS. The zero-order chi connectivity index (χ0) is 23.2. The van der Waals surface area contributed by atoms with E-state index in [4.69, 9.17) is 16.7 Å². The molecular weight excluding hydrogens is 468 g/mol. The summed E-state index contributed by atoms with van der Waals surface area (Å²) in [6.07, 6.45) is 1.07. The van der Waals surface area contributed by atoms with Crippen molar-refractivity contribution in [2.45, 2.75) is 6.92 Å². The Bertz CT molecular complexity index is 1480. The van der Waals surface area contributed by atoms with Crippen LogP contribution in [0.4, 0.5) is 4.39 Å². The Hall–Kier alpha value is -2.73. The summed E-state index contributed by atoms with van der Waals surface area (Å²) in [5.74, 6) is -0.448. The Morgan fingerprint density at radius 3 is 2.59 bits per heavy atom. The Kier molecular flexibility index (Phi) is 5.84. The smallest absolute Gasteiger partial charge is 0.229 e. The summed E-state index contributed by atoms with van der Waals surface area (Å²) in [6.45, 7) is 5.77. The number of halogens is 2. The van der Waals surface area contributed by atoms with E-state index in [1.54, 1.807) is 28.9 Å². The minimum absolute atomic E-state index is 0.247. The molecule has 3 aromatic carbocycles. The number of nitrogens with one attached hydrogen (secondary N) is 1. The average molecular weight is 488 g/mol. The van der Waals surface area contributed by atoms with Gasteiger partial charge in [0, 0.05) is 16.6 Å². The fourth-order valence-corrected chi connectivity index (χ4v) is 4.82. The molecule has 4 rings (SSSR count). The number of fused-ring (bicyclic) bond motifs is 1. The molecule has 0 saturated carbocycles. The highest BCUT2D eigenvalue weighted by molar-refractivity contribution is 7.89. The van der Waals surface area contributed by atoms with Crippen LogP contribution >= 0.6 is 20.8 Å². The summed E-state index contributed by atoms with van der Waals surface area (Å²) in [6, 6.07) is 15.8. The summed E-state index contributed by atoms with van der Waals surface area (Å²) in [4.78, 5) is 0. The number of hydrogen-bond donors (Lipinski definition) is 1. The molecule has 164 valence electrons. The molecule has 0 aliphatic heterocycles. The Balaban J connectivity index is 1.89. The Morgan fingerprint density at radius 1 is 1.19 bits per heavy atom. The van der Waals surface area contributed by atoms with Gasteiger partial charge in [-0.15, -0.1) is 9.24 Å². The minimum atomic E-state index is -3.44. The van der Waals surface area contributed by atoms with Crippen molar-refractivity contribution in [2.24, 2.45) is 0 Å². The second-order valence-electron chi connectivity index (χ2n) is 7.50. The van der Waals surface area contributed by atoms with E-state index in [0.717, 1.165) is 33.7 Å². The number of nitrogens with zero attached hydrogens (tertiary/aromatic N) is 2. The minimum Gasteiger partial charge on any atom is -0.284 e. The van der Waals surface area contributed by atoms with Crippen LogP contribution in [0, 0.1) is 12.7 Å². The van der Waals surface area contributed by atoms with Gasteiger partial charge in [-0.2, -0.15) is 5.10 Å². The second-order valence-corrected chi connectivity index (χ2v) is 10.3. The summed E-state index contributed by atoms with van der Waals surface area (Å²) in [5.41, 5.74) is 4.11. The van der Waals surface area contributed by atoms with E-state index in [-0.39, 0.29) is 16.3 Å². The topological polar surface area (TPSA) is 64.0 Å². The molecule has 0 radical (unpaired) electrons. The van der Waals surface area contributed by atoms with E-state index in [9.17, 15) is 12.8 Å². The molecule has 0 bridgehead atoms. The molecule has 9 heteroatoms. The van der Waals surface area contributed by atoms with Gasteiger partial charge in [0.2, 0.25) is 10.0 Å². The highest BCUT2D eigenvalue weighted by Crippen LogP contribution is 2.36. The van der Waals surface area contributed by atoms with Crippen molar-refractivity contribution >= 4 is 52.8 Å². The lowest BCUT2D eigenvalue weighted by atomic mass is 10.1. The predicted molar refractivity (Wildman–Crippen MR) is 133 cm³/mol. The van der Waals surface area contributed by atoms with Crippen LogP contribution in [0.2, 0.25) is 5.02 Å². The molecule has 0 aliphatic carbocycles. The van der Waals surface area contributed by atoms with Crippen molar-refractivity contribution in [3.8, 4) is 16.9 Å². The Morgan fingerprint density at radius 2 is 1.94 bits per heavy atom. The van der Waals surface area contributed by atoms with Gasteiger partial charge in [-0.25, -0.2) is 17.5 Å². The van der Waals surface area contributed by atoms with Gasteiger partial charge in [0.25, 0.3) is 0 Å². The second kappa shape index (κ2) is 8.32. The van der Waals surface area contributed by atoms with Crippen LogP contribution in [0.1, 0.15) is 11.1 Å². The average Bonchev–Trinajstić information content (AvgIpc) is 3.05. The normalized spacial score (nSPS) is 11.7. The largest absolute Gasteiger partial charge is 0.284 e. The molecule has 1 atom stereocenters. The molecule has 32 heavy (non-hydrogen) atoms. The van der Waals surface area contributed by atoms with Crippen LogP contribution in [0.3, 0.4) is 0 Å². The molecule has 1 heterocycles. The maximum atomic E-state index is 14.7. The van der Waals surface area contributed by atoms with Crippen molar-refractivity contribution in [2.75, 3.05) is 6.26 Å². The lowest BCUT2D eigenvalue weighted by molar-refractivity contribution is 0.597. The molecule has 0 amide bonds. The van der Waals surface area contributed by atoms with Crippen molar-refractivity contribution in [1.82, 2.24) is 14.5 Å². The SMILES string of the molecule is C=C(NS(C)(=O)=O)c1ccc(-n2nc(-c3c(F)cccc3Cl)c3cc(C)ccc32)cc1P. The molecule has 4 aromatic rings.